The maximum absolute atomic E-state index is 12.2. The summed E-state index contributed by atoms with van der Waals surface area (Å²) >= 11 is 1.54. The van der Waals surface area contributed by atoms with Crippen molar-refractivity contribution in [2.75, 3.05) is 6.54 Å². The van der Waals surface area contributed by atoms with Gasteiger partial charge >= 0.3 is 5.97 Å². The summed E-state index contributed by atoms with van der Waals surface area (Å²) in [4.78, 5) is 26.5. The average molecular weight is 309 g/mol. The SMILES string of the molecule is CC(=O)OC1C(N2CCCC2=O)c2sccc2OC1(C)C. The number of ether oxygens (including phenoxy) is 2. The van der Waals surface area contributed by atoms with Crippen molar-refractivity contribution < 1.29 is 19.1 Å². The van der Waals surface area contributed by atoms with Gasteiger partial charge in [0.1, 0.15) is 17.4 Å². The smallest absolute Gasteiger partial charge is 0.303 e. The van der Waals surface area contributed by atoms with Crippen LogP contribution < -0.4 is 4.74 Å². The number of nitrogens with zero attached hydrogens (tertiary/aromatic N) is 1. The van der Waals surface area contributed by atoms with Gasteiger partial charge in [-0.2, -0.15) is 0 Å². The van der Waals surface area contributed by atoms with E-state index in [0.29, 0.717) is 13.0 Å². The Kier molecular flexibility index (Phi) is 3.43. The summed E-state index contributed by atoms with van der Waals surface area (Å²) in [6.45, 7) is 5.89. The lowest BCUT2D eigenvalue weighted by molar-refractivity contribution is -0.171. The van der Waals surface area contributed by atoms with Crippen LogP contribution in [0.3, 0.4) is 0 Å². The Bertz CT molecular complexity index is 580. The molecule has 2 aliphatic rings. The fourth-order valence-corrected chi connectivity index (χ4v) is 4.08. The number of likely N-dealkylation sites (tertiary alicyclic amines) is 1. The van der Waals surface area contributed by atoms with Crippen LogP contribution in [0.25, 0.3) is 0 Å². The van der Waals surface area contributed by atoms with E-state index in [1.807, 2.05) is 30.2 Å². The molecule has 1 saturated heterocycles. The van der Waals surface area contributed by atoms with Crippen LogP contribution in [0.15, 0.2) is 11.4 Å². The number of rotatable bonds is 2. The van der Waals surface area contributed by atoms with Gasteiger partial charge in [-0.25, -0.2) is 0 Å². The highest BCUT2D eigenvalue weighted by atomic mass is 32.1. The Labute approximate surface area is 127 Å². The summed E-state index contributed by atoms with van der Waals surface area (Å²) in [6, 6.07) is 1.67. The number of hydrogen-bond acceptors (Lipinski definition) is 5. The van der Waals surface area contributed by atoms with Crippen LogP contribution in [0.1, 0.15) is 44.5 Å². The Balaban J connectivity index is 2.05. The molecular weight excluding hydrogens is 290 g/mol. The van der Waals surface area contributed by atoms with E-state index in [0.717, 1.165) is 17.0 Å². The third-order valence-electron chi connectivity index (χ3n) is 4.01. The van der Waals surface area contributed by atoms with Crippen LogP contribution in [0, 0.1) is 0 Å². The lowest BCUT2D eigenvalue weighted by Gasteiger charge is -2.45. The number of hydrogen-bond donors (Lipinski definition) is 0. The molecule has 0 N–H and O–H groups in total. The van der Waals surface area contributed by atoms with E-state index >= 15 is 0 Å². The zero-order valence-electron chi connectivity index (χ0n) is 12.4. The van der Waals surface area contributed by atoms with Crippen molar-refractivity contribution in [2.45, 2.75) is 51.4 Å². The molecule has 0 aliphatic carbocycles. The highest BCUT2D eigenvalue weighted by molar-refractivity contribution is 7.10. The maximum Gasteiger partial charge on any atom is 0.303 e. The summed E-state index contributed by atoms with van der Waals surface area (Å²) in [5.41, 5.74) is -0.673. The summed E-state index contributed by atoms with van der Waals surface area (Å²) in [7, 11) is 0. The molecule has 0 aromatic carbocycles. The molecule has 0 spiro atoms. The van der Waals surface area contributed by atoms with Crippen LogP contribution in [-0.4, -0.2) is 35.0 Å². The summed E-state index contributed by atoms with van der Waals surface area (Å²) in [5.74, 6) is 0.556. The van der Waals surface area contributed by atoms with Gasteiger partial charge in [-0.15, -0.1) is 11.3 Å². The zero-order chi connectivity index (χ0) is 15.2. The fraction of sp³-hybridized carbons (Fsp3) is 0.600. The van der Waals surface area contributed by atoms with Crippen molar-refractivity contribution in [1.82, 2.24) is 4.90 Å². The molecule has 6 heteroatoms. The normalized spacial score (nSPS) is 27.2. The molecule has 0 radical (unpaired) electrons. The van der Waals surface area contributed by atoms with Crippen LogP contribution >= 0.6 is 11.3 Å². The second-order valence-corrected chi connectivity index (χ2v) is 6.97. The molecule has 3 rings (SSSR count). The highest BCUT2D eigenvalue weighted by Gasteiger charge is 2.51. The van der Waals surface area contributed by atoms with Gasteiger partial charge in [0.05, 0.1) is 4.88 Å². The highest BCUT2D eigenvalue weighted by Crippen LogP contribution is 2.47. The zero-order valence-corrected chi connectivity index (χ0v) is 13.2. The van der Waals surface area contributed by atoms with Crippen molar-refractivity contribution in [1.29, 1.82) is 0 Å². The molecule has 2 atom stereocenters. The molecule has 1 aromatic rings. The second-order valence-electron chi connectivity index (χ2n) is 6.02. The van der Waals surface area contributed by atoms with Crippen LogP contribution in [0.4, 0.5) is 0 Å². The largest absolute Gasteiger partial charge is 0.483 e. The van der Waals surface area contributed by atoms with Gasteiger partial charge in [-0.05, 0) is 31.7 Å². The first-order valence-electron chi connectivity index (χ1n) is 7.13. The second kappa shape index (κ2) is 5.02. The number of amides is 1. The number of thiophene rings is 1. The third-order valence-corrected chi connectivity index (χ3v) is 4.98. The minimum absolute atomic E-state index is 0.120. The molecule has 1 amide bonds. The predicted octanol–water partition coefficient (Wildman–Crippen LogP) is 2.51. The molecule has 1 aromatic heterocycles. The van der Waals surface area contributed by atoms with Crippen molar-refractivity contribution in [3.63, 3.8) is 0 Å². The first-order valence-corrected chi connectivity index (χ1v) is 8.01. The summed E-state index contributed by atoms with van der Waals surface area (Å²) < 4.78 is 11.5. The van der Waals surface area contributed by atoms with E-state index in [1.54, 1.807) is 11.3 Å². The lowest BCUT2D eigenvalue weighted by atomic mass is 9.89. The molecule has 2 unspecified atom stereocenters. The monoisotopic (exact) mass is 309 g/mol. The average Bonchev–Trinajstić information content (AvgIpc) is 2.98. The number of carbonyl (C=O) groups excluding carboxylic acids is 2. The number of fused-ring (bicyclic) bond motifs is 1. The maximum atomic E-state index is 12.2. The van der Waals surface area contributed by atoms with Gasteiger partial charge < -0.3 is 14.4 Å². The Morgan fingerprint density at radius 1 is 1.52 bits per heavy atom. The quantitative estimate of drug-likeness (QED) is 0.788. The van der Waals surface area contributed by atoms with Crippen LogP contribution in [0.2, 0.25) is 0 Å². The molecule has 5 nitrogen and oxygen atoms in total. The van der Waals surface area contributed by atoms with Gasteiger partial charge in [-0.3, -0.25) is 9.59 Å². The molecule has 2 aliphatic heterocycles. The van der Waals surface area contributed by atoms with Gasteiger partial charge in [0.25, 0.3) is 0 Å². The summed E-state index contributed by atoms with van der Waals surface area (Å²) in [6.07, 6.45) is 0.915. The predicted molar refractivity (Wildman–Crippen MR) is 78.3 cm³/mol. The van der Waals surface area contributed by atoms with E-state index in [9.17, 15) is 9.59 Å². The Hall–Kier alpha value is -1.56. The molecular formula is C15H19NO4S. The minimum atomic E-state index is -0.673. The van der Waals surface area contributed by atoms with E-state index in [1.165, 1.54) is 6.92 Å². The number of carbonyl (C=O) groups is 2. The van der Waals surface area contributed by atoms with E-state index < -0.39 is 11.7 Å². The van der Waals surface area contributed by atoms with Crippen LogP contribution in [0.5, 0.6) is 5.75 Å². The Morgan fingerprint density at radius 3 is 2.90 bits per heavy atom. The van der Waals surface area contributed by atoms with Gasteiger partial charge in [0.2, 0.25) is 5.91 Å². The Morgan fingerprint density at radius 2 is 2.29 bits per heavy atom. The van der Waals surface area contributed by atoms with Gasteiger partial charge in [0, 0.05) is 19.9 Å². The van der Waals surface area contributed by atoms with Gasteiger partial charge in [-0.1, -0.05) is 0 Å². The summed E-state index contributed by atoms with van der Waals surface area (Å²) in [5, 5.41) is 1.95. The van der Waals surface area contributed by atoms with E-state index in [2.05, 4.69) is 0 Å². The van der Waals surface area contributed by atoms with Gasteiger partial charge in [0.15, 0.2) is 6.10 Å². The standard InChI is InChI=1S/C15H19NO4S/c1-9(17)19-14-12(16-7-4-5-11(16)18)13-10(6-8-21-13)20-15(14,2)3/h6,8,12,14H,4-5,7H2,1-3H3. The third kappa shape index (κ3) is 2.41. The van der Waals surface area contributed by atoms with Crippen molar-refractivity contribution in [3.05, 3.63) is 16.3 Å². The fourth-order valence-electron chi connectivity index (χ4n) is 3.12. The topological polar surface area (TPSA) is 55.8 Å². The van der Waals surface area contributed by atoms with E-state index in [-0.39, 0.29) is 17.9 Å². The van der Waals surface area contributed by atoms with Crippen LogP contribution in [-0.2, 0) is 14.3 Å². The molecule has 21 heavy (non-hydrogen) atoms. The lowest BCUT2D eigenvalue weighted by Crippen LogP contribution is -2.55. The molecule has 3 heterocycles. The van der Waals surface area contributed by atoms with Crippen molar-refractivity contribution >= 4 is 23.2 Å². The number of esters is 1. The first-order chi connectivity index (χ1) is 9.90. The molecule has 1 fully saturated rings. The first kappa shape index (κ1) is 14.4. The van der Waals surface area contributed by atoms with E-state index in [4.69, 9.17) is 9.47 Å². The van der Waals surface area contributed by atoms with Crippen molar-refractivity contribution in [2.24, 2.45) is 0 Å². The molecule has 0 saturated carbocycles. The molecule has 0 bridgehead atoms. The minimum Gasteiger partial charge on any atom is -0.483 e. The van der Waals surface area contributed by atoms with Crippen molar-refractivity contribution in [3.8, 4) is 5.75 Å². The molecule has 114 valence electrons.